The maximum atomic E-state index is 12.2. The standard InChI is InChI=1S/C14H17NO3/c1-4-8-15(10(2)3)13(16)11-6-5-7-12(9-11)14(17)18/h4-7,9-10H,1,8H2,2-3H3,(H,17,18). The Morgan fingerprint density at radius 3 is 2.50 bits per heavy atom. The molecule has 0 aliphatic carbocycles. The SMILES string of the molecule is C=CCN(C(=O)c1cccc(C(=O)O)c1)C(C)C. The van der Waals surface area contributed by atoms with E-state index in [2.05, 4.69) is 6.58 Å². The van der Waals surface area contributed by atoms with Gasteiger partial charge >= 0.3 is 5.97 Å². The molecule has 0 atom stereocenters. The number of carboxylic acids is 1. The minimum atomic E-state index is -1.04. The Morgan fingerprint density at radius 1 is 1.39 bits per heavy atom. The van der Waals surface area contributed by atoms with Gasteiger partial charge in [0.2, 0.25) is 0 Å². The lowest BCUT2D eigenvalue weighted by atomic mass is 10.1. The van der Waals surface area contributed by atoms with Gasteiger partial charge in [-0.25, -0.2) is 4.79 Å². The van der Waals surface area contributed by atoms with Crippen molar-refractivity contribution < 1.29 is 14.7 Å². The molecule has 0 aliphatic heterocycles. The number of hydrogen-bond acceptors (Lipinski definition) is 2. The van der Waals surface area contributed by atoms with E-state index in [0.717, 1.165) is 0 Å². The van der Waals surface area contributed by atoms with Crippen LogP contribution in [0.2, 0.25) is 0 Å². The molecule has 0 bridgehead atoms. The molecule has 1 aromatic rings. The van der Waals surface area contributed by atoms with E-state index in [1.54, 1.807) is 23.1 Å². The smallest absolute Gasteiger partial charge is 0.335 e. The Morgan fingerprint density at radius 2 is 2.00 bits per heavy atom. The quantitative estimate of drug-likeness (QED) is 0.813. The number of carbonyl (C=O) groups excluding carboxylic acids is 1. The lowest BCUT2D eigenvalue weighted by Crippen LogP contribution is -2.37. The van der Waals surface area contributed by atoms with Crippen LogP contribution in [-0.2, 0) is 0 Å². The highest BCUT2D eigenvalue weighted by molar-refractivity contribution is 5.97. The van der Waals surface area contributed by atoms with Crippen molar-refractivity contribution in [1.82, 2.24) is 4.90 Å². The van der Waals surface area contributed by atoms with Crippen molar-refractivity contribution >= 4 is 11.9 Å². The zero-order chi connectivity index (χ0) is 13.7. The molecule has 1 amide bonds. The molecular weight excluding hydrogens is 230 g/mol. The number of nitrogens with zero attached hydrogens (tertiary/aromatic N) is 1. The van der Waals surface area contributed by atoms with Crippen molar-refractivity contribution in [3.05, 3.63) is 48.0 Å². The third-order valence-corrected chi connectivity index (χ3v) is 2.57. The van der Waals surface area contributed by atoms with Gasteiger partial charge in [0.1, 0.15) is 0 Å². The molecule has 0 spiro atoms. The monoisotopic (exact) mass is 247 g/mol. The lowest BCUT2D eigenvalue weighted by molar-refractivity contribution is 0.0697. The minimum Gasteiger partial charge on any atom is -0.478 e. The van der Waals surface area contributed by atoms with Gasteiger partial charge in [0.05, 0.1) is 5.56 Å². The normalized spacial score (nSPS) is 10.2. The summed E-state index contributed by atoms with van der Waals surface area (Å²) in [5.41, 5.74) is 0.494. The molecular formula is C14H17NO3. The number of amides is 1. The van der Waals surface area contributed by atoms with Gasteiger partial charge in [-0.2, -0.15) is 0 Å². The highest BCUT2D eigenvalue weighted by atomic mass is 16.4. The van der Waals surface area contributed by atoms with Crippen molar-refractivity contribution in [2.75, 3.05) is 6.54 Å². The molecule has 1 N–H and O–H groups in total. The van der Waals surface area contributed by atoms with Crippen LogP contribution in [0.4, 0.5) is 0 Å². The zero-order valence-corrected chi connectivity index (χ0v) is 10.6. The first-order valence-corrected chi connectivity index (χ1v) is 5.72. The summed E-state index contributed by atoms with van der Waals surface area (Å²) in [6, 6.07) is 6.08. The van der Waals surface area contributed by atoms with Crippen molar-refractivity contribution in [3.63, 3.8) is 0 Å². The summed E-state index contributed by atoms with van der Waals surface area (Å²) in [5, 5.41) is 8.90. The fourth-order valence-corrected chi connectivity index (χ4v) is 1.62. The third-order valence-electron chi connectivity index (χ3n) is 2.57. The van der Waals surface area contributed by atoms with Crippen LogP contribution < -0.4 is 0 Å². The Kier molecular flexibility index (Phi) is 4.66. The minimum absolute atomic E-state index is 0.0315. The Hall–Kier alpha value is -2.10. The molecule has 96 valence electrons. The van der Waals surface area contributed by atoms with Gasteiger partial charge in [-0.15, -0.1) is 6.58 Å². The van der Waals surface area contributed by atoms with Crippen molar-refractivity contribution in [2.24, 2.45) is 0 Å². The van der Waals surface area contributed by atoms with Gasteiger partial charge in [0.25, 0.3) is 5.91 Å². The molecule has 0 fully saturated rings. The molecule has 0 radical (unpaired) electrons. The third kappa shape index (κ3) is 3.20. The van der Waals surface area contributed by atoms with Gasteiger partial charge in [-0.1, -0.05) is 12.1 Å². The summed E-state index contributed by atoms with van der Waals surface area (Å²) in [5.74, 6) is -1.22. The van der Waals surface area contributed by atoms with Gasteiger partial charge in [0.15, 0.2) is 0 Å². The first-order chi connectivity index (χ1) is 8.47. The second-order valence-corrected chi connectivity index (χ2v) is 4.23. The van der Waals surface area contributed by atoms with Crippen molar-refractivity contribution in [1.29, 1.82) is 0 Å². The van der Waals surface area contributed by atoms with Crippen molar-refractivity contribution in [3.8, 4) is 0 Å². The number of carboxylic acid groups (broad SMARTS) is 1. The predicted octanol–water partition coefficient (Wildman–Crippen LogP) is 2.42. The average molecular weight is 247 g/mol. The highest BCUT2D eigenvalue weighted by Gasteiger charge is 2.18. The Labute approximate surface area is 107 Å². The fraction of sp³-hybridized carbons (Fsp3) is 0.286. The summed E-state index contributed by atoms with van der Waals surface area (Å²) in [6.45, 7) is 7.87. The summed E-state index contributed by atoms with van der Waals surface area (Å²) in [4.78, 5) is 24.7. The van der Waals surface area contributed by atoms with Crippen LogP contribution in [-0.4, -0.2) is 34.5 Å². The number of aromatic carboxylic acids is 1. The topological polar surface area (TPSA) is 57.6 Å². The van der Waals surface area contributed by atoms with Crippen molar-refractivity contribution in [2.45, 2.75) is 19.9 Å². The van der Waals surface area contributed by atoms with E-state index in [9.17, 15) is 9.59 Å². The van der Waals surface area contributed by atoms with E-state index >= 15 is 0 Å². The van der Waals surface area contributed by atoms with Gasteiger partial charge < -0.3 is 10.0 Å². The van der Waals surface area contributed by atoms with Crippen LogP contribution in [0.3, 0.4) is 0 Å². The Bertz CT molecular complexity index is 466. The molecule has 1 aromatic carbocycles. The molecule has 0 aromatic heterocycles. The second kappa shape index (κ2) is 6.00. The molecule has 4 heteroatoms. The molecule has 0 unspecified atom stereocenters. The van der Waals surface area contributed by atoms with Crippen LogP contribution in [0.25, 0.3) is 0 Å². The molecule has 1 rings (SSSR count). The predicted molar refractivity (Wildman–Crippen MR) is 69.8 cm³/mol. The van der Waals surface area contributed by atoms with E-state index in [1.165, 1.54) is 12.1 Å². The summed E-state index contributed by atoms with van der Waals surface area (Å²) >= 11 is 0. The first kappa shape index (κ1) is 14.0. The highest BCUT2D eigenvalue weighted by Crippen LogP contribution is 2.11. The molecule has 0 aliphatic rings. The average Bonchev–Trinajstić information content (AvgIpc) is 2.35. The molecule has 0 saturated heterocycles. The molecule has 4 nitrogen and oxygen atoms in total. The molecule has 0 saturated carbocycles. The molecule has 18 heavy (non-hydrogen) atoms. The second-order valence-electron chi connectivity index (χ2n) is 4.23. The number of carbonyl (C=O) groups is 2. The van der Waals surface area contributed by atoms with E-state index in [4.69, 9.17) is 5.11 Å². The Balaban J connectivity index is 3.04. The van der Waals surface area contributed by atoms with E-state index in [-0.39, 0.29) is 17.5 Å². The van der Waals surface area contributed by atoms with Crippen LogP contribution in [0.5, 0.6) is 0 Å². The summed E-state index contributed by atoms with van der Waals surface area (Å²) in [6.07, 6.45) is 1.65. The van der Waals surface area contributed by atoms with Gasteiger partial charge in [-0.3, -0.25) is 4.79 Å². The maximum absolute atomic E-state index is 12.2. The van der Waals surface area contributed by atoms with E-state index < -0.39 is 5.97 Å². The molecule has 0 heterocycles. The first-order valence-electron chi connectivity index (χ1n) is 5.72. The number of rotatable bonds is 5. The van der Waals surface area contributed by atoms with Crippen LogP contribution in [0.15, 0.2) is 36.9 Å². The largest absolute Gasteiger partial charge is 0.478 e. The number of benzene rings is 1. The zero-order valence-electron chi connectivity index (χ0n) is 10.6. The van der Waals surface area contributed by atoms with Crippen LogP contribution in [0, 0.1) is 0 Å². The van der Waals surface area contributed by atoms with E-state index in [1.807, 2.05) is 13.8 Å². The van der Waals surface area contributed by atoms with E-state index in [0.29, 0.717) is 12.1 Å². The summed E-state index contributed by atoms with van der Waals surface area (Å²) in [7, 11) is 0. The lowest BCUT2D eigenvalue weighted by Gasteiger charge is -2.25. The summed E-state index contributed by atoms with van der Waals surface area (Å²) < 4.78 is 0. The van der Waals surface area contributed by atoms with Crippen LogP contribution >= 0.6 is 0 Å². The maximum Gasteiger partial charge on any atom is 0.335 e. The number of hydrogen-bond donors (Lipinski definition) is 1. The van der Waals surface area contributed by atoms with Gasteiger partial charge in [-0.05, 0) is 32.0 Å². The van der Waals surface area contributed by atoms with Gasteiger partial charge in [0, 0.05) is 18.2 Å². The van der Waals surface area contributed by atoms with Crippen LogP contribution in [0.1, 0.15) is 34.6 Å². The fourth-order valence-electron chi connectivity index (χ4n) is 1.62.